The molecule has 0 bridgehead atoms. The van der Waals surface area contributed by atoms with Gasteiger partial charge in [-0.3, -0.25) is 0 Å². The molecule has 0 atom stereocenters. The van der Waals surface area contributed by atoms with Crippen molar-refractivity contribution in [2.45, 2.75) is 77.6 Å². The van der Waals surface area contributed by atoms with Crippen molar-refractivity contribution in [3.05, 3.63) is 12.3 Å². The number of allylic oxidation sites excluding steroid dienone is 1. The fourth-order valence-corrected chi connectivity index (χ4v) is 2.56. The zero-order valence-electron chi connectivity index (χ0n) is 11.6. The van der Waals surface area contributed by atoms with Crippen molar-refractivity contribution < 1.29 is 4.74 Å². The van der Waals surface area contributed by atoms with E-state index in [4.69, 9.17) is 4.74 Å². The topological polar surface area (TPSA) is 9.23 Å². The summed E-state index contributed by atoms with van der Waals surface area (Å²) in [4.78, 5) is 0. The molecule has 1 saturated carbocycles. The van der Waals surface area contributed by atoms with Gasteiger partial charge in [0.15, 0.2) is 0 Å². The predicted molar refractivity (Wildman–Crippen MR) is 75.0 cm³/mol. The molecule has 0 aromatic carbocycles. The Kier molecular flexibility index (Phi) is 9.17. The lowest BCUT2D eigenvalue weighted by atomic mass is 9.93. The smallest absolute Gasteiger partial charge is 0.0901 e. The lowest BCUT2D eigenvalue weighted by Gasteiger charge is -2.17. The summed E-state index contributed by atoms with van der Waals surface area (Å²) in [5.74, 6) is 0.805. The van der Waals surface area contributed by atoms with Crippen molar-refractivity contribution in [3.63, 3.8) is 0 Å². The Bertz CT molecular complexity index is 176. The van der Waals surface area contributed by atoms with Gasteiger partial charge in [0.1, 0.15) is 0 Å². The predicted octanol–water partition coefficient (Wildman–Crippen LogP) is 5.46. The molecule has 17 heavy (non-hydrogen) atoms. The maximum absolute atomic E-state index is 5.66. The summed E-state index contributed by atoms with van der Waals surface area (Å²) in [5, 5.41) is 0. The van der Waals surface area contributed by atoms with Gasteiger partial charge in [-0.2, -0.15) is 0 Å². The highest BCUT2D eigenvalue weighted by Crippen LogP contribution is 2.21. The Balaban J connectivity index is 2.14. The van der Waals surface area contributed by atoms with Crippen LogP contribution in [0.5, 0.6) is 0 Å². The average molecular weight is 238 g/mol. The molecule has 0 amide bonds. The van der Waals surface area contributed by atoms with E-state index >= 15 is 0 Å². The minimum absolute atomic E-state index is 0.805. The SMILES string of the molecule is CCC/C=C/OCC1CCCCCCCCC1. The first kappa shape index (κ1) is 14.6. The van der Waals surface area contributed by atoms with E-state index in [9.17, 15) is 0 Å². The van der Waals surface area contributed by atoms with E-state index < -0.39 is 0 Å². The third kappa shape index (κ3) is 8.29. The first-order valence-corrected chi connectivity index (χ1v) is 7.70. The van der Waals surface area contributed by atoms with Crippen LogP contribution < -0.4 is 0 Å². The Labute approximate surface area is 108 Å². The average Bonchev–Trinajstić information content (AvgIpc) is 2.36. The molecule has 1 rings (SSSR count). The van der Waals surface area contributed by atoms with Gasteiger partial charge in [0.25, 0.3) is 0 Å². The largest absolute Gasteiger partial charge is 0.501 e. The lowest BCUT2D eigenvalue weighted by molar-refractivity contribution is 0.175. The summed E-state index contributed by atoms with van der Waals surface area (Å²) in [6.45, 7) is 3.14. The third-order valence-corrected chi connectivity index (χ3v) is 3.70. The van der Waals surface area contributed by atoms with Crippen LogP contribution in [0.15, 0.2) is 12.3 Å². The van der Waals surface area contributed by atoms with E-state index in [2.05, 4.69) is 13.0 Å². The molecular formula is C16H30O. The molecule has 1 heteroatoms. The molecule has 0 aromatic heterocycles. The van der Waals surface area contributed by atoms with Crippen LogP contribution in [0.1, 0.15) is 77.6 Å². The van der Waals surface area contributed by atoms with E-state index in [0.29, 0.717) is 0 Å². The van der Waals surface area contributed by atoms with Crippen LogP contribution in [0.3, 0.4) is 0 Å². The summed E-state index contributed by atoms with van der Waals surface area (Å²) in [6, 6.07) is 0. The van der Waals surface area contributed by atoms with Crippen molar-refractivity contribution >= 4 is 0 Å². The van der Waals surface area contributed by atoms with Crippen LogP contribution in [0.4, 0.5) is 0 Å². The van der Waals surface area contributed by atoms with Gasteiger partial charge in [-0.15, -0.1) is 0 Å². The summed E-state index contributed by atoms with van der Waals surface area (Å²) in [7, 11) is 0. The van der Waals surface area contributed by atoms with Crippen LogP contribution in [-0.2, 0) is 4.74 Å². The number of ether oxygens (including phenoxy) is 1. The summed E-state index contributed by atoms with van der Waals surface area (Å²) >= 11 is 0. The fourth-order valence-electron chi connectivity index (χ4n) is 2.56. The molecule has 0 aromatic rings. The molecule has 0 saturated heterocycles. The Morgan fingerprint density at radius 2 is 1.53 bits per heavy atom. The number of unbranched alkanes of at least 4 members (excludes halogenated alkanes) is 1. The van der Waals surface area contributed by atoms with Crippen LogP contribution in [0.25, 0.3) is 0 Å². The minimum atomic E-state index is 0.805. The van der Waals surface area contributed by atoms with E-state index in [1.165, 1.54) is 64.2 Å². The van der Waals surface area contributed by atoms with E-state index in [1.54, 1.807) is 0 Å². The van der Waals surface area contributed by atoms with Gasteiger partial charge in [-0.25, -0.2) is 0 Å². The Morgan fingerprint density at radius 1 is 0.941 bits per heavy atom. The van der Waals surface area contributed by atoms with Crippen LogP contribution in [-0.4, -0.2) is 6.61 Å². The van der Waals surface area contributed by atoms with Crippen LogP contribution >= 0.6 is 0 Å². The van der Waals surface area contributed by atoms with Gasteiger partial charge in [0, 0.05) is 0 Å². The number of rotatable bonds is 5. The highest BCUT2D eigenvalue weighted by Gasteiger charge is 2.09. The Morgan fingerprint density at radius 3 is 2.12 bits per heavy atom. The zero-order chi connectivity index (χ0) is 12.2. The first-order chi connectivity index (χ1) is 8.43. The molecule has 1 fully saturated rings. The molecule has 1 aliphatic carbocycles. The highest BCUT2D eigenvalue weighted by molar-refractivity contribution is 4.73. The summed E-state index contributed by atoms with van der Waals surface area (Å²) < 4.78 is 5.66. The molecule has 0 N–H and O–H groups in total. The monoisotopic (exact) mass is 238 g/mol. The normalized spacial score (nSPS) is 20.5. The minimum Gasteiger partial charge on any atom is -0.501 e. The third-order valence-electron chi connectivity index (χ3n) is 3.70. The van der Waals surface area contributed by atoms with Crippen molar-refractivity contribution in [1.29, 1.82) is 0 Å². The van der Waals surface area contributed by atoms with Gasteiger partial charge >= 0.3 is 0 Å². The highest BCUT2D eigenvalue weighted by atomic mass is 16.5. The number of hydrogen-bond acceptors (Lipinski definition) is 1. The van der Waals surface area contributed by atoms with E-state index in [-0.39, 0.29) is 0 Å². The molecule has 0 heterocycles. The zero-order valence-corrected chi connectivity index (χ0v) is 11.6. The van der Waals surface area contributed by atoms with E-state index in [0.717, 1.165) is 18.9 Å². The molecular weight excluding hydrogens is 208 g/mol. The first-order valence-electron chi connectivity index (χ1n) is 7.70. The van der Waals surface area contributed by atoms with Gasteiger partial charge in [0.05, 0.1) is 12.9 Å². The molecule has 0 unspecified atom stereocenters. The van der Waals surface area contributed by atoms with Crippen LogP contribution in [0, 0.1) is 5.92 Å². The van der Waals surface area contributed by atoms with Crippen molar-refractivity contribution in [3.8, 4) is 0 Å². The van der Waals surface area contributed by atoms with Crippen molar-refractivity contribution in [1.82, 2.24) is 0 Å². The quantitative estimate of drug-likeness (QED) is 0.578. The standard InChI is InChI=1S/C16H30O/c1-2-3-11-14-17-15-16-12-9-7-5-4-6-8-10-13-16/h11,14,16H,2-10,12-13,15H2,1H3/b14-11+. The molecule has 1 nitrogen and oxygen atoms in total. The van der Waals surface area contributed by atoms with Gasteiger partial charge in [0.2, 0.25) is 0 Å². The van der Waals surface area contributed by atoms with Gasteiger partial charge in [-0.1, -0.05) is 58.3 Å². The Hall–Kier alpha value is -0.460. The molecule has 100 valence electrons. The molecule has 1 aliphatic rings. The summed E-state index contributed by atoms with van der Waals surface area (Å²) in [5.41, 5.74) is 0. The second-order valence-corrected chi connectivity index (χ2v) is 5.41. The van der Waals surface area contributed by atoms with Crippen molar-refractivity contribution in [2.75, 3.05) is 6.61 Å². The maximum Gasteiger partial charge on any atom is 0.0901 e. The number of hydrogen-bond donors (Lipinski definition) is 0. The van der Waals surface area contributed by atoms with Crippen LogP contribution in [0.2, 0.25) is 0 Å². The molecule has 0 aliphatic heterocycles. The molecule has 0 radical (unpaired) electrons. The second-order valence-electron chi connectivity index (χ2n) is 5.41. The maximum atomic E-state index is 5.66. The summed E-state index contributed by atoms with van der Waals surface area (Å²) in [6.07, 6.45) is 19.2. The van der Waals surface area contributed by atoms with Gasteiger partial charge in [-0.05, 0) is 31.3 Å². The second kappa shape index (κ2) is 10.7. The van der Waals surface area contributed by atoms with Gasteiger partial charge < -0.3 is 4.74 Å². The van der Waals surface area contributed by atoms with Crippen molar-refractivity contribution in [2.24, 2.45) is 5.92 Å². The molecule has 0 spiro atoms. The lowest BCUT2D eigenvalue weighted by Crippen LogP contribution is -2.08. The van der Waals surface area contributed by atoms with E-state index in [1.807, 2.05) is 6.26 Å². The fraction of sp³-hybridized carbons (Fsp3) is 0.875.